The number of hydrogen-bond donors (Lipinski definition) is 1. The number of nitrogens with zero attached hydrogens (tertiary/aromatic N) is 3. The average molecular weight is 294 g/mol. The second-order valence-corrected chi connectivity index (χ2v) is 7.08. The molecular weight excluding hydrogens is 260 g/mol. The smallest absolute Gasteiger partial charge is 0.193 e. The largest absolute Gasteiger partial charge is 0.355 e. The summed E-state index contributed by atoms with van der Waals surface area (Å²) < 4.78 is 0. The minimum absolute atomic E-state index is 0.695. The molecule has 0 aromatic heterocycles. The Kier molecular flexibility index (Phi) is 6.34. The molecule has 0 aromatic carbocycles. The quantitative estimate of drug-likeness (QED) is 0.624. The van der Waals surface area contributed by atoms with Crippen molar-refractivity contribution in [1.29, 1.82) is 0 Å². The minimum atomic E-state index is 0.695. The topological polar surface area (TPSA) is 30.9 Å². The Balaban J connectivity index is 1.79. The third kappa shape index (κ3) is 4.60. The van der Waals surface area contributed by atoms with Crippen LogP contribution in [0.15, 0.2) is 4.99 Å². The molecule has 1 N–H and O–H groups in total. The van der Waals surface area contributed by atoms with Gasteiger partial charge in [0, 0.05) is 32.7 Å². The fourth-order valence-electron chi connectivity index (χ4n) is 3.97. The van der Waals surface area contributed by atoms with Crippen LogP contribution in [0.25, 0.3) is 0 Å². The van der Waals surface area contributed by atoms with Gasteiger partial charge in [-0.3, -0.25) is 9.89 Å². The molecule has 4 heteroatoms. The molecule has 0 aliphatic carbocycles. The summed E-state index contributed by atoms with van der Waals surface area (Å²) in [4.78, 5) is 9.55. The van der Waals surface area contributed by atoms with Gasteiger partial charge >= 0.3 is 0 Å². The van der Waals surface area contributed by atoms with Gasteiger partial charge in [0.05, 0.1) is 0 Å². The van der Waals surface area contributed by atoms with Crippen LogP contribution in [0.4, 0.5) is 0 Å². The van der Waals surface area contributed by atoms with E-state index in [9.17, 15) is 0 Å². The van der Waals surface area contributed by atoms with Gasteiger partial charge in [0.1, 0.15) is 0 Å². The van der Waals surface area contributed by atoms with Crippen LogP contribution in [0.1, 0.15) is 46.5 Å². The molecule has 4 nitrogen and oxygen atoms in total. The van der Waals surface area contributed by atoms with Crippen molar-refractivity contribution in [2.45, 2.75) is 52.5 Å². The van der Waals surface area contributed by atoms with Gasteiger partial charge in [0.25, 0.3) is 0 Å². The number of hydrogen-bond acceptors (Lipinski definition) is 2. The average Bonchev–Trinajstić information content (AvgIpc) is 3.08. The maximum atomic E-state index is 4.51. The number of likely N-dealkylation sites (tertiary alicyclic amines) is 2. The van der Waals surface area contributed by atoms with Gasteiger partial charge in [-0.05, 0) is 50.6 Å². The summed E-state index contributed by atoms with van der Waals surface area (Å²) in [5.41, 5.74) is 0. The van der Waals surface area contributed by atoms with E-state index < -0.39 is 0 Å². The zero-order valence-corrected chi connectivity index (χ0v) is 14.4. The summed E-state index contributed by atoms with van der Waals surface area (Å²) in [6.07, 6.45) is 5.34. The fraction of sp³-hybridized carbons (Fsp3) is 0.941. The highest BCUT2D eigenvalue weighted by molar-refractivity contribution is 5.80. The van der Waals surface area contributed by atoms with Crippen LogP contribution in [-0.2, 0) is 0 Å². The van der Waals surface area contributed by atoms with Gasteiger partial charge in [-0.2, -0.15) is 0 Å². The Bertz CT molecular complexity index is 340. The molecule has 122 valence electrons. The highest BCUT2D eigenvalue weighted by atomic mass is 15.3. The van der Waals surface area contributed by atoms with E-state index in [2.05, 4.69) is 40.9 Å². The standard InChI is InChI=1S/C17H34N4/c1-5-20-9-6-7-16(20)12-19-17(18-4)21-10-8-15(13-21)11-14(2)3/h14-16H,5-13H2,1-4H3,(H,18,19). The summed E-state index contributed by atoms with van der Waals surface area (Å²) in [5, 5.41) is 3.63. The Morgan fingerprint density at radius 3 is 2.76 bits per heavy atom. The molecule has 2 aliphatic rings. The summed E-state index contributed by atoms with van der Waals surface area (Å²) in [7, 11) is 1.92. The third-order valence-corrected chi connectivity index (χ3v) is 5.00. The van der Waals surface area contributed by atoms with Crippen LogP contribution in [0, 0.1) is 11.8 Å². The normalized spacial score (nSPS) is 27.9. The molecule has 0 bridgehead atoms. The molecular formula is C17H34N4. The molecule has 21 heavy (non-hydrogen) atoms. The molecule has 0 saturated carbocycles. The predicted molar refractivity (Wildman–Crippen MR) is 90.8 cm³/mol. The van der Waals surface area contributed by atoms with Crippen molar-refractivity contribution in [2.24, 2.45) is 16.8 Å². The first-order valence-corrected chi connectivity index (χ1v) is 8.83. The summed E-state index contributed by atoms with van der Waals surface area (Å²) >= 11 is 0. The Morgan fingerprint density at radius 1 is 1.29 bits per heavy atom. The molecule has 2 unspecified atom stereocenters. The summed E-state index contributed by atoms with van der Waals surface area (Å²) in [5.74, 6) is 2.77. The molecule has 2 saturated heterocycles. The van der Waals surface area contributed by atoms with E-state index in [0.717, 1.165) is 24.3 Å². The highest BCUT2D eigenvalue weighted by Gasteiger charge is 2.27. The number of aliphatic imine (C=N–C) groups is 1. The van der Waals surface area contributed by atoms with Crippen molar-refractivity contribution in [3.05, 3.63) is 0 Å². The lowest BCUT2D eigenvalue weighted by molar-refractivity contribution is 0.265. The van der Waals surface area contributed by atoms with Gasteiger partial charge < -0.3 is 10.2 Å². The molecule has 2 atom stereocenters. The van der Waals surface area contributed by atoms with E-state index in [0.29, 0.717) is 6.04 Å². The molecule has 2 rings (SSSR count). The van der Waals surface area contributed by atoms with Crippen LogP contribution < -0.4 is 5.32 Å². The van der Waals surface area contributed by atoms with Crippen molar-refractivity contribution in [3.63, 3.8) is 0 Å². The second-order valence-electron chi connectivity index (χ2n) is 7.08. The number of likely N-dealkylation sites (N-methyl/N-ethyl adjacent to an activating group) is 1. The van der Waals surface area contributed by atoms with Crippen molar-refractivity contribution in [1.82, 2.24) is 15.1 Å². The van der Waals surface area contributed by atoms with Crippen LogP contribution in [0.3, 0.4) is 0 Å². The second kappa shape index (κ2) is 8.02. The molecule has 0 spiro atoms. The third-order valence-electron chi connectivity index (χ3n) is 5.00. The van der Waals surface area contributed by atoms with Gasteiger partial charge in [0.2, 0.25) is 0 Å². The maximum Gasteiger partial charge on any atom is 0.193 e. The molecule has 2 aliphatic heterocycles. The summed E-state index contributed by atoms with van der Waals surface area (Å²) in [6, 6.07) is 0.695. The van der Waals surface area contributed by atoms with E-state index in [1.165, 1.54) is 51.9 Å². The van der Waals surface area contributed by atoms with Crippen molar-refractivity contribution in [2.75, 3.05) is 39.8 Å². The van der Waals surface area contributed by atoms with Gasteiger partial charge in [-0.1, -0.05) is 20.8 Å². The van der Waals surface area contributed by atoms with Crippen molar-refractivity contribution < 1.29 is 0 Å². The molecule has 0 aromatic rings. The first kappa shape index (κ1) is 16.6. The first-order valence-electron chi connectivity index (χ1n) is 8.83. The Labute approximate surface area is 131 Å². The van der Waals surface area contributed by atoms with Gasteiger partial charge in [-0.15, -0.1) is 0 Å². The van der Waals surface area contributed by atoms with Crippen molar-refractivity contribution in [3.8, 4) is 0 Å². The number of guanidine groups is 1. The first-order chi connectivity index (χ1) is 10.1. The van der Waals surface area contributed by atoms with E-state index >= 15 is 0 Å². The zero-order valence-electron chi connectivity index (χ0n) is 14.4. The van der Waals surface area contributed by atoms with Crippen LogP contribution >= 0.6 is 0 Å². The van der Waals surface area contributed by atoms with Crippen molar-refractivity contribution >= 4 is 5.96 Å². The lowest BCUT2D eigenvalue weighted by atomic mass is 9.97. The molecule has 0 amide bonds. The fourth-order valence-corrected chi connectivity index (χ4v) is 3.97. The van der Waals surface area contributed by atoms with E-state index in [1.807, 2.05) is 7.05 Å². The summed E-state index contributed by atoms with van der Waals surface area (Å²) in [6.45, 7) is 12.8. The van der Waals surface area contributed by atoms with Gasteiger partial charge in [0.15, 0.2) is 5.96 Å². The molecule has 0 radical (unpaired) electrons. The highest BCUT2D eigenvalue weighted by Crippen LogP contribution is 2.23. The van der Waals surface area contributed by atoms with Gasteiger partial charge in [-0.25, -0.2) is 0 Å². The minimum Gasteiger partial charge on any atom is -0.355 e. The lowest BCUT2D eigenvalue weighted by Gasteiger charge is -2.27. The van der Waals surface area contributed by atoms with Crippen LogP contribution in [0.2, 0.25) is 0 Å². The maximum absolute atomic E-state index is 4.51. The number of nitrogens with one attached hydrogen (secondary N) is 1. The van der Waals surface area contributed by atoms with E-state index in [4.69, 9.17) is 0 Å². The van der Waals surface area contributed by atoms with E-state index in [-0.39, 0.29) is 0 Å². The predicted octanol–water partition coefficient (Wildman–Crippen LogP) is 2.41. The Morgan fingerprint density at radius 2 is 2.10 bits per heavy atom. The lowest BCUT2D eigenvalue weighted by Crippen LogP contribution is -2.46. The van der Waals surface area contributed by atoms with E-state index in [1.54, 1.807) is 0 Å². The van der Waals surface area contributed by atoms with Crippen LogP contribution in [0.5, 0.6) is 0 Å². The Hall–Kier alpha value is -0.770. The monoisotopic (exact) mass is 294 g/mol. The zero-order chi connectivity index (χ0) is 15.2. The molecule has 2 heterocycles. The number of rotatable bonds is 5. The van der Waals surface area contributed by atoms with Crippen LogP contribution in [-0.4, -0.2) is 61.6 Å². The molecule has 2 fully saturated rings. The SMILES string of the molecule is CCN1CCCC1CNC(=NC)N1CCC(CC(C)C)C1.